The van der Waals surface area contributed by atoms with Gasteiger partial charge in [0.1, 0.15) is 13.2 Å². The van der Waals surface area contributed by atoms with Gasteiger partial charge < -0.3 is 14.2 Å². The number of carbonyl (C=O) groups excluding carboxylic acids is 3. The molecule has 6 heteroatoms. The van der Waals surface area contributed by atoms with Crippen LogP contribution in [-0.4, -0.2) is 37.2 Å². The normalized spacial score (nSPS) is 12.9. The molecule has 0 radical (unpaired) electrons. The maximum atomic E-state index is 12.9. The Labute approximate surface area is 513 Å². The lowest BCUT2D eigenvalue weighted by Crippen LogP contribution is -2.30. The van der Waals surface area contributed by atoms with E-state index in [1.807, 2.05) is 0 Å². The van der Waals surface area contributed by atoms with E-state index in [-0.39, 0.29) is 37.5 Å². The third kappa shape index (κ3) is 68.5. The minimum absolute atomic E-state index is 0.0998. The van der Waals surface area contributed by atoms with Crippen LogP contribution in [-0.2, 0) is 28.6 Å². The Kier molecular flexibility index (Phi) is 66.7. The molecule has 0 aromatic carbocycles. The topological polar surface area (TPSA) is 78.9 Å². The first-order valence-electron chi connectivity index (χ1n) is 35.0. The molecule has 0 aliphatic carbocycles. The molecule has 83 heavy (non-hydrogen) atoms. The molecule has 0 rings (SSSR count). The third-order valence-corrected chi connectivity index (χ3v) is 15.0. The molecule has 0 heterocycles. The van der Waals surface area contributed by atoms with E-state index in [9.17, 15) is 14.4 Å². The van der Waals surface area contributed by atoms with Crippen molar-refractivity contribution in [3.8, 4) is 0 Å². The van der Waals surface area contributed by atoms with Gasteiger partial charge in [-0.25, -0.2) is 0 Å². The van der Waals surface area contributed by atoms with Gasteiger partial charge in [-0.1, -0.05) is 322 Å². The summed E-state index contributed by atoms with van der Waals surface area (Å²) in [5.74, 6) is -0.960. The number of carbonyl (C=O) groups is 3. The minimum Gasteiger partial charge on any atom is -0.462 e. The molecule has 0 amide bonds. The molecule has 0 aromatic heterocycles. The average molecular weight is 1150 g/mol. The Morgan fingerprint density at radius 3 is 0.819 bits per heavy atom. The van der Waals surface area contributed by atoms with Crippen molar-refractivity contribution < 1.29 is 28.6 Å². The van der Waals surface area contributed by atoms with Gasteiger partial charge >= 0.3 is 17.9 Å². The lowest BCUT2D eigenvalue weighted by molar-refractivity contribution is -0.167. The fourth-order valence-corrected chi connectivity index (χ4v) is 9.74. The molecule has 1 atom stereocenters. The minimum atomic E-state index is -0.807. The zero-order valence-corrected chi connectivity index (χ0v) is 54.4. The number of hydrogen-bond donors (Lipinski definition) is 0. The van der Waals surface area contributed by atoms with Gasteiger partial charge in [-0.05, 0) is 109 Å². The van der Waals surface area contributed by atoms with Gasteiger partial charge in [0.15, 0.2) is 6.10 Å². The first-order valence-corrected chi connectivity index (χ1v) is 35.0. The molecular formula is C77H130O6. The standard InChI is InChI=1S/C77H130O6/c1-4-7-10-13-16-19-22-25-27-29-31-33-35-37-38-39-40-41-43-44-46-48-50-52-55-58-61-64-67-70-76(79)82-73-74(72-81-75(78)69-66-63-60-57-54-24-21-18-15-12-9-6-3)83-77(80)71-68-65-62-59-56-53-51-49-47-45-42-36-34-32-30-28-26-23-20-17-14-11-8-5-2/h7,10,16,18-19,21,25,27,31,33,37-38,40-41,44,46,50,52,58,61,74H,4-6,8-9,11-15,17,20,22-24,26,28-30,32,34-36,39,42-43,45,47-49,51,53-57,59-60,62-73H2,1-3H3/b10-7-,19-16-,21-18-,27-25-,33-31-,38-37-,41-40-,46-44-,52-50-,61-58-. The van der Waals surface area contributed by atoms with Crippen LogP contribution in [0.4, 0.5) is 0 Å². The van der Waals surface area contributed by atoms with Crippen LogP contribution in [0.1, 0.15) is 329 Å². The van der Waals surface area contributed by atoms with E-state index in [0.29, 0.717) is 19.3 Å². The quantitative estimate of drug-likeness (QED) is 0.0261. The van der Waals surface area contributed by atoms with Crippen LogP contribution in [0.15, 0.2) is 122 Å². The van der Waals surface area contributed by atoms with Gasteiger partial charge in [0.05, 0.1) is 0 Å². The number of hydrogen-bond acceptors (Lipinski definition) is 6. The maximum Gasteiger partial charge on any atom is 0.306 e. The Morgan fingerprint density at radius 1 is 0.253 bits per heavy atom. The van der Waals surface area contributed by atoms with Crippen molar-refractivity contribution in [2.45, 2.75) is 335 Å². The molecule has 0 aliphatic rings. The van der Waals surface area contributed by atoms with Crippen molar-refractivity contribution in [1.29, 1.82) is 0 Å². The van der Waals surface area contributed by atoms with E-state index >= 15 is 0 Å². The second kappa shape index (κ2) is 70.3. The molecule has 6 nitrogen and oxygen atoms in total. The van der Waals surface area contributed by atoms with Gasteiger partial charge in [-0.3, -0.25) is 14.4 Å². The van der Waals surface area contributed by atoms with E-state index in [0.717, 1.165) is 116 Å². The summed E-state index contributed by atoms with van der Waals surface area (Å²) in [6, 6.07) is 0. The summed E-state index contributed by atoms with van der Waals surface area (Å²) < 4.78 is 16.9. The summed E-state index contributed by atoms with van der Waals surface area (Å²) in [6.07, 6.45) is 98.1. The van der Waals surface area contributed by atoms with Crippen LogP contribution in [0.5, 0.6) is 0 Å². The molecule has 0 saturated heterocycles. The van der Waals surface area contributed by atoms with Crippen LogP contribution >= 0.6 is 0 Å². The maximum absolute atomic E-state index is 12.9. The number of allylic oxidation sites excluding steroid dienone is 20. The van der Waals surface area contributed by atoms with Crippen molar-refractivity contribution in [2.24, 2.45) is 0 Å². The number of rotatable bonds is 63. The molecule has 0 aliphatic heterocycles. The summed E-state index contributed by atoms with van der Waals surface area (Å²) in [5, 5.41) is 0. The first-order chi connectivity index (χ1) is 41.0. The molecule has 0 N–H and O–H groups in total. The lowest BCUT2D eigenvalue weighted by Gasteiger charge is -2.18. The highest BCUT2D eigenvalue weighted by atomic mass is 16.6. The van der Waals surface area contributed by atoms with Crippen molar-refractivity contribution in [3.63, 3.8) is 0 Å². The Morgan fingerprint density at radius 2 is 0.482 bits per heavy atom. The Balaban J connectivity index is 4.37. The van der Waals surface area contributed by atoms with Crippen LogP contribution < -0.4 is 0 Å². The number of unbranched alkanes of at least 4 members (excludes halogenated alkanes) is 32. The first kappa shape index (κ1) is 78.8. The van der Waals surface area contributed by atoms with Crippen LogP contribution in [0.3, 0.4) is 0 Å². The molecule has 0 fully saturated rings. The molecule has 0 bridgehead atoms. The summed E-state index contributed by atoms with van der Waals surface area (Å²) in [5.41, 5.74) is 0. The van der Waals surface area contributed by atoms with E-state index in [1.54, 1.807) is 0 Å². The summed E-state index contributed by atoms with van der Waals surface area (Å²) in [7, 11) is 0. The summed E-state index contributed by atoms with van der Waals surface area (Å²) in [6.45, 7) is 6.48. The highest BCUT2D eigenvalue weighted by Gasteiger charge is 2.19. The SMILES string of the molecule is CC/C=C\C/C=C\C/C=C\C/C=C\C/C=C\C/C=C\C/C=C\C/C=C\C/C=C\CCCC(=O)OCC(COC(=O)CCCCCCC/C=C\CCCCC)OC(=O)CCCCCCCCCCCCCCCCCCCCCCCCCC. The van der Waals surface area contributed by atoms with Gasteiger partial charge in [-0.15, -0.1) is 0 Å². The fourth-order valence-electron chi connectivity index (χ4n) is 9.74. The monoisotopic (exact) mass is 1150 g/mol. The zero-order valence-electron chi connectivity index (χ0n) is 54.4. The summed E-state index contributed by atoms with van der Waals surface area (Å²) >= 11 is 0. The van der Waals surface area contributed by atoms with Crippen LogP contribution in [0, 0.1) is 0 Å². The van der Waals surface area contributed by atoms with Crippen molar-refractivity contribution in [2.75, 3.05) is 13.2 Å². The third-order valence-electron chi connectivity index (χ3n) is 15.0. The second-order valence-electron chi connectivity index (χ2n) is 23.1. The van der Waals surface area contributed by atoms with Crippen LogP contribution in [0.25, 0.3) is 0 Å². The van der Waals surface area contributed by atoms with Gasteiger partial charge in [-0.2, -0.15) is 0 Å². The van der Waals surface area contributed by atoms with E-state index < -0.39 is 6.10 Å². The highest BCUT2D eigenvalue weighted by molar-refractivity contribution is 5.71. The number of esters is 3. The second-order valence-corrected chi connectivity index (χ2v) is 23.1. The van der Waals surface area contributed by atoms with Crippen molar-refractivity contribution >= 4 is 17.9 Å². The highest BCUT2D eigenvalue weighted by Crippen LogP contribution is 2.17. The fraction of sp³-hybridized carbons (Fsp3) is 0.701. The van der Waals surface area contributed by atoms with Gasteiger partial charge in [0.25, 0.3) is 0 Å². The Bertz CT molecular complexity index is 1700. The lowest BCUT2D eigenvalue weighted by atomic mass is 10.0. The van der Waals surface area contributed by atoms with E-state index in [4.69, 9.17) is 14.2 Å². The molecule has 0 spiro atoms. The van der Waals surface area contributed by atoms with Gasteiger partial charge in [0.2, 0.25) is 0 Å². The number of ether oxygens (including phenoxy) is 3. The van der Waals surface area contributed by atoms with Crippen LogP contribution in [0.2, 0.25) is 0 Å². The van der Waals surface area contributed by atoms with Crippen molar-refractivity contribution in [1.82, 2.24) is 0 Å². The molecule has 0 aromatic rings. The molecule has 474 valence electrons. The molecule has 1 unspecified atom stereocenters. The van der Waals surface area contributed by atoms with E-state index in [1.165, 1.54) is 167 Å². The summed E-state index contributed by atoms with van der Waals surface area (Å²) in [4.78, 5) is 38.4. The van der Waals surface area contributed by atoms with Crippen molar-refractivity contribution in [3.05, 3.63) is 122 Å². The average Bonchev–Trinajstić information content (AvgIpc) is 3.49. The predicted octanol–water partition coefficient (Wildman–Crippen LogP) is 24.3. The molecule has 0 saturated carbocycles. The zero-order chi connectivity index (χ0) is 59.9. The Hall–Kier alpha value is -4.19. The van der Waals surface area contributed by atoms with Gasteiger partial charge in [0, 0.05) is 19.3 Å². The molecular weight excluding hydrogens is 1020 g/mol. The van der Waals surface area contributed by atoms with E-state index in [2.05, 4.69) is 142 Å². The predicted molar refractivity (Wildman–Crippen MR) is 362 cm³/mol. The largest absolute Gasteiger partial charge is 0.462 e. The smallest absolute Gasteiger partial charge is 0.306 e.